The van der Waals surface area contributed by atoms with E-state index in [0.29, 0.717) is 17.5 Å². The van der Waals surface area contributed by atoms with Crippen LogP contribution in [0.2, 0.25) is 0 Å². The zero-order valence-corrected chi connectivity index (χ0v) is 16.6. The summed E-state index contributed by atoms with van der Waals surface area (Å²) in [7, 11) is 1.60. The summed E-state index contributed by atoms with van der Waals surface area (Å²) in [5, 5.41) is 4.23. The second-order valence-electron chi connectivity index (χ2n) is 5.38. The van der Waals surface area contributed by atoms with E-state index in [0.717, 1.165) is 19.0 Å². The highest BCUT2D eigenvalue weighted by Gasteiger charge is 2.09. The number of rotatable bonds is 3. The van der Waals surface area contributed by atoms with Gasteiger partial charge in [0.25, 0.3) is 11.5 Å². The maximum atomic E-state index is 12.7. The molecule has 0 atom stereocenters. The van der Waals surface area contributed by atoms with E-state index in [9.17, 15) is 9.59 Å². The highest BCUT2D eigenvalue weighted by Crippen LogP contribution is 2.22. The van der Waals surface area contributed by atoms with Crippen molar-refractivity contribution in [3.8, 4) is 0 Å². The molecular weight excluding hydrogens is 483 g/mol. The quantitative estimate of drug-likeness (QED) is 0.561. The van der Waals surface area contributed by atoms with Crippen molar-refractivity contribution >= 4 is 55.2 Å². The molecule has 24 heavy (non-hydrogen) atoms. The minimum Gasteiger partial charge on any atom is -0.355 e. The van der Waals surface area contributed by atoms with Crippen LogP contribution in [-0.2, 0) is 6.54 Å². The van der Waals surface area contributed by atoms with E-state index in [2.05, 4.69) is 43.8 Å². The van der Waals surface area contributed by atoms with Gasteiger partial charge in [0.2, 0.25) is 0 Å². The molecule has 0 aliphatic rings. The number of halogens is 2. The fourth-order valence-electron chi connectivity index (χ4n) is 2.59. The van der Waals surface area contributed by atoms with E-state index in [4.69, 9.17) is 0 Å². The topological polar surface area (TPSA) is 51.1 Å². The predicted octanol–water partition coefficient (Wildman–Crippen LogP) is 3.78. The number of fused-ring (bicyclic) bond motifs is 1. The number of hydrogen-bond donors (Lipinski definition) is 1. The van der Waals surface area contributed by atoms with Crippen LogP contribution < -0.4 is 10.9 Å². The van der Waals surface area contributed by atoms with Crippen LogP contribution in [0.3, 0.4) is 0 Å². The molecule has 1 N–H and O–H groups in total. The molecule has 1 amide bonds. The molecule has 6 heteroatoms. The van der Waals surface area contributed by atoms with Crippen molar-refractivity contribution in [1.29, 1.82) is 0 Å². The molecule has 0 fully saturated rings. The van der Waals surface area contributed by atoms with Crippen molar-refractivity contribution in [3.05, 3.63) is 78.2 Å². The minimum absolute atomic E-state index is 0.0386. The molecule has 0 bridgehead atoms. The molecule has 1 heterocycles. The number of nitrogens with one attached hydrogen (secondary N) is 1. The zero-order valence-electron chi connectivity index (χ0n) is 12.8. The molecule has 0 aliphatic heterocycles. The Morgan fingerprint density at radius 1 is 1.21 bits per heavy atom. The second-order valence-corrected chi connectivity index (χ2v) is 7.46. The van der Waals surface area contributed by atoms with E-state index < -0.39 is 0 Å². The van der Waals surface area contributed by atoms with Crippen LogP contribution >= 0.6 is 38.5 Å². The molecular formula is C18H14BrIN2O2. The van der Waals surface area contributed by atoms with Crippen molar-refractivity contribution in [2.24, 2.45) is 0 Å². The summed E-state index contributed by atoms with van der Waals surface area (Å²) in [6.45, 7) is 0.422. The maximum Gasteiger partial charge on any atom is 0.258 e. The summed E-state index contributed by atoms with van der Waals surface area (Å²) in [4.78, 5) is 24.5. The molecule has 0 spiro atoms. The fraction of sp³-hybridized carbons (Fsp3) is 0.111. The molecule has 122 valence electrons. The average Bonchev–Trinajstić information content (AvgIpc) is 2.59. The number of amides is 1. The van der Waals surface area contributed by atoms with Crippen LogP contribution in [0.25, 0.3) is 10.8 Å². The summed E-state index contributed by atoms with van der Waals surface area (Å²) >= 11 is 5.68. The Kier molecular flexibility index (Phi) is 5.05. The second kappa shape index (κ2) is 7.06. The first-order chi connectivity index (χ1) is 11.5. The fourth-order valence-corrected chi connectivity index (χ4v) is 3.73. The molecule has 0 aliphatic carbocycles. The molecule has 0 unspecified atom stereocenters. The van der Waals surface area contributed by atoms with Gasteiger partial charge in [0.05, 0.1) is 6.54 Å². The Labute approximate surface area is 161 Å². The van der Waals surface area contributed by atoms with Gasteiger partial charge in [0.15, 0.2) is 0 Å². The van der Waals surface area contributed by atoms with Gasteiger partial charge in [-0.25, -0.2) is 0 Å². The first-order valence-corrected chi connectivity index (χ1v) is 9.16. The van der Waals surface area contributed by atoms with Crippen LogP contribution in [0.4, 0.5) is 0 Å². The highest BCUT2D eigenvalue weighted by molar-refractivity contribution is 14.1. The molecule has 3 rings (SSSR count). The number of hydrogen-bond acceptors (Lipinski definition) is 2. The molecule has 0 saturated carbocycles. The lowest BCUT2D eigenvalue weighted by molar-refractivity contribution is 0.0963. The van der Waals surface area contributed by atoms with Crippen molar-refractivity contribution in [2.75, 3.05) is 7.05 Å². The third-order valence-corrected chi connectivity index (χ3v) is 5.12. The van der Waals surface area contributed by atoms with Gasteiger partial charge in [-0.1, -0.05) is 28.1 Å². The average molecular weight is 497 g/mol. The minimum atomic E-state index is -0.137. The third-order valence-electron chi connectivity index (χ3n) is 3.77. The molecule has 3 aromatic rings. The lowest BCUT2D eigenvalue weighted by atomic mass is 10.1. The van der Waals surface area contributed by atoms with Gasteiger partial charge in [-0.2, -0.15) is 0 Å². The monoisotopic (exact) mass is 496 g/mol. The van der Waals surface area contributed by atoms with Gasteiger partial charge in [-0.05, 0) is 58.5 Å². The number of aromatic nitrogens is 1. The Morgan fingerprint density at radius 2 is 2.00 bits per heavy atom. The molecule has 2 aromatic carbocycles. The predicted molar refractivity (Wildman–Crippen MR) is 108 cm³/mol. The Hall–Kier alpha value is -1.67. The molecule has 1 aromatic heterocycles. The standard InChI is InChI=1S/C18H14BrIN2O2/c1-21-17(23)12-4-2-3-11(7-12)9-22-10-16(20)15-8-13(19)5-6-14(15)18(22)24/h2-8,10H,9H2,1H3,(H,21,23). The van der Waals surface area contributed by atoms with Gasteiger partial charge >= 0.3 is 0 Å². The lowest BCUT2D eigenvalue weighted by Gasteiger charge is -2.11. The largest absolute Gasteiger partial charge is 0.355 e. The normalized spacial score (nSPS) is 10.8. The van der Waals surface area contributed by atoms with E-state index >= 15 is 0 Å². The van der Waals surface area contributed by atoms with E-state index in [1.54, 1.807) is 17.7 Å². The molecule has 0 radical (unpaired) electrons. The van der Waals surface area contributed by atoms with Gasteiger partial charge in [0, 0.05) is 37.6 Å². The van der Waals surface area contributed by atoms with Gasteiger partial charge in [-0.3, -0.25) is 9.59 Å². The highest BCUT2D eigenvalue weighted by atomic mass is 127. The van der Waals surface area contributed by atoms with Crippen molar-refractivity contribution in [1.82, 2.24) is 9.88 Å². The van der Waals surface area contributed by atoms with Crippen LogP contribution in [0.15, 0.2) is 57.9 Å². The Balaban J connectivity index is 2.05. The maximum absolute atomic E-state index is 12.7. The number of carbonyl (C=O) groups is 1. The lowest BCUT2D eigenvalue weighted by Crippen LogP contribution is -2.22. The number of nitrogens with zero attached hydrogens (tertiary/aromatic N) is 1. The van der Waals surface area contributed by atoms with E-state index in [1.807, 2.05) is 42.6 Å². The summed E-state index contributed by atoms with van der Waals surface area (Å²) in [5.41, 5.74) is 1.45. The zero-order chi connectivity index (χ0) is 17.3. The smallest absolute Gasteiger partial charge is 0.258 e. The SMILES string of the molecule is CNC(=O)c1cccc(Cn2cc(I)c3cc(Br)ccc3c2=O)c1. The van der Waals surface area contributed by atoms with Crippen molar-refractivity contribution in [3.63, 3.8) is 0 Å². The number of pyridine rings is 1. The molecule has 4 nitrogen and oxygen atoms in total. The third kappa shape index (κ3) is 3.39. The van der Waals surface area contributed by atoms with Crippen molar-refractivity contribution in [2.45, 2.75) is 6.54 Å². The Bertz CT molecular complexity index is 998. The van der Waals surface area contributed by atoms with Gasteiger partial charge in [-0.15, -0.1) is 0 Å². The van der Waals surface area contributed by atoms with E-state index in [1.165, 1.54) is 0 Å². The summed E-state index contributed by atoms with van der Waals surface area (Å²) < 4.78 is 3.63. The van der Waals surface area contributed by atoms with Gasteiger partial charge < -0.3 is 9.88 Å². The number of carbonyl (C=O) groups excluding carboxylic acids is 1. The van der Waals surface area contributed by atoms with Crippen LogP contribution in [0, 0.1) is 3.57 Å². The summed E-state index contributed by atoms with van der Waals surface area (Å²) in [6, 6.07) is 13.0. The van der Waals surface area contributed by atoms with Crippen LogP contribution in [-0.4, -0.2) is 17.5 Å². The molecule has 0 saturated heterocycles. The summed E-state index contributed by atoms with van der Waals surface area (Å²) in [6.07, 6.45) is 1.85. The van der Waals surface area contributed by atoms with E-state index in [-0.39, 0.29) is 11.5 Å². The number of benzene rings is 2. The van der Waals surface area contributed by atoms with Crippen LogP contribution in [0.1, 0.15) is 15.9 Å². The Morgan fingerprint density at radius 3 is 2.75 bits per heavy atom. The first-order valence-electron chi connectivity index (χ1n) is 7.29. The van der Waals surface area contributed by atoms with Gasteiger partial charge in [0.1, 0.15) is 0 Å². The van der Waals surface area contributed by atoms with Crippen LogP contribution in [0.5, 0.6) is 0 Å². The summed E-state index contributed by atoms with van der Waals surface area (Å²) in [5.74, 6) is -0.137. The first kappa shape index (κ1) is 17.2. The van der Waals surface area contributed by atoms with Crippen molar-refractivity contribution < 1.29 is 4.79 Å².